The second-order valence-corrected chi connectivity index (χ2v) is 5.60. The number of hydrogen-bond donors (Lipinski definition) is 0. The third-order valence-electron chi connectivity index (χ3n) is 3.38. The molecule has 1 aromatic carbocycles. The first kappa shape index (κ1) is 16.9. The Morgan fingerprint density at radius 3 is 2.74 bits per heavy atom. The second kappa shape index (κ2) is 6.76. The van der Waals surface area contributed by atoms with Gasteiger partial charge in [-0.1, -0.05) is 23.7 Å². The summed E-state index contributed by atoms with van der Waals surface area (Å²) >= 11 is 6.07. The SMILES string of the molecule is CN(C)C(=O)Cn1c(-c2cccc(Cl)c2)nc2cccnc21.O. The number of halogens is 1. The molecule has 0 saturated heterocycles. The lowest BCUT2D eigenvalue weighted by atomic mass is 10.2. The summed E-state index contributed by atoms with van der Waals surface area (Å²) in [6, 6.07) is 11.1. The average molecular weight is 333 g/mol. The molecule has 0 atom stereocenters. The number of amides is 1. The summed E-state index contributed by atoms with van der Waals surface area (Å²) in [5, 5.41) is 0.628. The Balaban J connectivity index is 0.00000192. The summed E-state index contributed by atoms with van der Waals surface area (Å²) < 4.78 is 1.82. The molecule has 120 valence electrons. The molecule has 3 aromatic rings. The molecule has 0 spiro atoms. The van der Waals surface area contributed by atoms with Gasteiger partial charge in [0.1, 0.15) is 17.9 Å². The first-order chi connectivity index (χ1) is 10.6. The van der Waals surface area contributed by atoms with E-state index in [0.717, 1.165) is 11.1 Å². The predicted molar refractivity (Wildman–Crippen MR) is 90.3 cm³/mol. The standard InChI is InChI=1S/C16H15ClN4O.H2O/c1-20(2)14(22)10-21-15(11-5-3-6-12(17)9-11)19-13-7-4-8-18-16(13)21;/h3-9H,10H2,1-2H3;1H2. The quantitative estimate of drug-likeness (QED) is 0.735. The average Bonchev–Trinajstić information content (AvgIpc) is 2.86. The van der Waals surface area contributed by atoms with Crippen LogP contribution in [-0.2, 0) is 11.3 Å². The predicted octanol–water partition coefficient (Wildman–Crippen LogP) is 2.02. The van der Waals surface area contributed by atoms with E-state index in [1.54, 1.807) is 31.3 Å². The molecule has 2 N–H and O–H groups in total. The van der Waals surface area contributed by atoms with Crippen molar-refractivity contribution in [1.82, 2.24) is 19.4 Å². The van der Waals surface area contributed by atoms with Crippen molar-refractivity contribution in [2.45, 2.75) is 6.54 Å². The van der Waals surface area contributed by atoms with Gasteiger partial charge in [0.25, 0.3) is 0 Å². The third-order valence-corrected chi connectivity index (χ3v) is 3.61. The van der Waals surface area contributed by atoms with Gasteiger partial charge in [0.2, 0.25) is 5.91 Å². The monoisotopic (exact) mass is 332 g/mol. The molecule has 0 aliphatic carbocycles. The van der Waals surface area contributed by atoms with E-state index in [1.807, 2.05) is 34.9 Å². The molecule has 0 bridgehead atoms. The number of nitrogens with zero attached hydrogens (tertiary/aromatic N) is 4. The summed E-state index contributed by atoms with van der Waals surface area (Å²) in [5.74, 6) is 0.666. The molecule has 6 nitrogen and oxygen atoms in total. The van der Waals surface area contributed by atoms with E-state index >= 15 is 0 Å². The molecular formula is C16H17ClN4O2. The molecule has 0 aliphatic rings. The fourth-order valence-electron chi connectivity index (χ4n) is 2.23. The number of benzene rings is 1. The molecule has 0 radical (unpaired) electrons. The number of carbonyl (C=O) groups excluding carboxylic acids is 1. The van der Waals surface area contributed by atoms with Gasteiger partial charge in [-0.15, -0.1) is 0 Å². The van der Waals surface area contributed by atoms with Crippen molar-refractivity contribution < 1.29 is 10.3 Å². The summed E-state index contributed by atoms with van der Waals surface area (Å²) in [5.41, 5.74) is 2.30. The van der Waals surface area contributed by atoms with Gasteiger partial charge >= 0.3 is 0 Å². The fourth-order valence-corrected chi connectivity index (χ4v) is 2.42. The van der Waals surface area contributed by atoms with Crippen molar-refractivity contribution in [3.05, 3.63) is 47.6 Å². The van der Waals surface area contributed by atoms with Crippen molar-refractivity contribution in [2.75, 3.05) is 14.1 Å². The van der Waals surface area contributed by atoms with Gasteiger partial charge in [0.05, 0.1) is 0 Å². The highest BCUT2D eigenvalue weighted by atomic mass is 35.5. The zero-order valence-electron chi connectivity index (χ0n) is 12.8. The molecule has 0 aliphatic heterocycles. The maximum absolute atomic E-state index is 12.1. The van der Waals surface area contributed by atoms with Gasteiger partial charge in [-0.2, -0.15) is 0 Å². The molecule has 7 heteroatoms. The molecule has 2 aromatic heterocycles. The first-order valence-electron chi connectivity index (χ1n) is 6.83. The number of carbonyl (C=O) groups is 1. The maximum Gasteiger partial charge on any atom is 0.242 e. The van der Waals surface area contributed by atoms with Crippen LogP contribution in [0.3, 0.4) is 0 Å². The maximum atomic E-state index is 12.1. The van der Waals surface area contributed by atoms with Crippen LogP contribution in [0.25, 0.3) is 22.6 Å². The fraction of sp³-hybridized carbons (Fsp3) is 0.188. The van der Waals surface area contributed by atoms with Crippen LogP contribution in [0.15, 0.2) is 42.6 Å². The van der Waals surface area contributed by atoms with Crippen LogP contribution in [0, 0.1) is 0 Å². The van der Waals surface area contributed by atoms with Gasteiger partial charge in [-0.05, 0) is 24.3 Å². The van der Waals surface area contributed by atoms with Crippen LogP contribution in [0.2, 0.25) is 5.02 Å². The lowest BCUT2D eigenvalue weighted by molar-refractivity contribution is -0.129. The van der Waals surface area contributed by atoms with Crippen LogP contribution in [0.5, 0.6) is 0 Å². The minimum atomic E-state index is -0.0202. The zero-order chi connectivity index (χ0) is 15.7. The number of rotatable bonds is 3. The second-order valence-electron chi connectivity index (χ2n) is 5.17. The van der Waals surface area contributed by atoms with Crippen molar-refractivity contribution in [3.8, 4) is 11.4 Å². The van der Waals surface area contributed by atoms with Gasteiger partial charge in [0.15, 0.2) is 5.65 Å². The van der Waals surface area contributed by atoms with Crippen molar-refractivity contribution >= 4 is 28.7 Å². The Labute approximate surface area is 138 Å². The summed E-state index contributed by atoms with van der Waals surface area (Å²) in [4.78, 5) is 22.6. The number of aromatic nitrogens is 3. The molecule has 23 heavy (non-hydrogen) atoms. The highest BCUT2D eigenvalue weighted by Gasteiger charge is 2.17. The van der Waals surface area contributed by atoms with E-state index in [0.29, 0.717) is 16.5 Å². The Kier molecular flexibility index (Phi) is 4.98. The van der Waals surface area contributed by atoms with Gasteiger partial charge < -0.3 is 10.4 Å². The molecule has 0 unspecified atom stereocenters. The number of hydrogen-bond acceptors (Lipinski definition) is 3. The highest BCUT2D eigenvalue weighted by Crippen LogP contribution is 2.25. The molecule has 3 rings (SSSR count). The lowest BCUT2D eigenvalue weighted by Gasteiger charge is -2.13. The summed E-state index contributed by atoms with van der Waals surface area (Å²) in [7, 11) is 3.46. The van der Waals surface area contributed by atoms with Gasteiger partial charge in [-0.3, -0.25) is 9.36 Å². The minimum Gasteiger partial charge on any atom is -0.412 e. The Morgan fingerprint density at radius 1 is 1.26 bits per heavy atom. The van der Waals surface area contributed by atoms with Crippen LogP contribution in [-0.4, -0.2) is 44.9 Å². The van der Waals surface area contributed by atoms with Crippen LogP contribution in [0.4, 0.5) is 0 Å². The molecule has 0 saturated carbocycles. The van der Waals surface area contributed by atoms with Crippen molar-refractivity contribution in [1.29, 1.82) is 0 Å². The molecule has 2 heterocycles. The number of fused-ring (bicyclic) bond motifs is 1. The van der Waals surface area contributed by atoms with Crippen LogP contribution < -0.4 is 0 Å². The van der Waals surface area contributed by atoms with Crippen LogP contribution >= 0.6 is 11.6 Å². The topological polar surface area (TPSA) is 82.5 Å². The lowest BCUT2D eigenvalue weighted by Crippen LogP contribution is -2.26. The first-order valence-corrected chi connectivity index (χ1v) is 7.21. The molecular weight excluding hydrogens is 316 g/mol. The Morgan fingerprint density at radius 2 is 2.04 bits per heavy atom. The van der Waals surface area contributed by atoms with Crippen molar-refractivity contribution in [3.63, 3.8) is 0 Å². The summed E-state index contributed by atoms with van der Waals surface area (Å²) in [6.45, 7) is 0.183. The van der Waals surface area contributed by atoms with E-state index < -0.39 is 0 Å². The van der Waals surface area contributed by atoms with E-state index in [2.05, 4.69) is 9.97 Å². The van der Waals surface area contributed by atoms with Gasteiger partial charge in [0, 0.05) is 30.9 Å². The number of imidazole rings is 1. The summed E-state index contributed by atoms with van der Waals surface area (Å²) in [6.07, 6.45) is 1.70. The van der Waals surface area contributed by atoms with E-state index in [1.165, 1.54) is 0 Å². The minimum absolute atomic E-state index is 0. The molecule has 1 amide bonds. The highest BCUT2D eigenvalue weighted by molar-refractivity contribution is 6.30. The van der Waals surface area contributed by atoms with Crippen LogP contribution in [0.1, 0.15) is 0 Å². The Hall–Kier alpha value is -2.44. The van der Waals surface area contributed by atoms with E-state index in [9.17, 15) is 4.79 Å². The van der Waals surface area contributed by atoms with Crippen molar-refractivity contribution in [2.24, 2.45) is 0 Å². The third kappa shape index (κ3) is 3.33. The normalized spacial score (nSPS) is 10.4. The number of pyridine rings is 1. The smallest absolute Gasteiger partial charge is 0.242 e. The zero-order valence-corrected chi connectivity index (χ0v) is 13.6. The molecule has 0 fully saturated rings. The Bertz CT molecular complexity index is 845. The van der Waals surface area contributed by atoms with E-state index in [-0.39, 0.29) is 17.9 Å². The van der Waals surface area contributed by atoms with E-state index in [4.69, 9.17) is 11.6 Å². The number of likely N-dealkylation sites (N-methyl/N-ethyl adjacent to an activating group) is 1. The largest absolute Gasteiger partial charge is 0.412 e. The van der Waals surface area contributed by atoms with Gasteiger partial charge in [-0.25, -0.2) is 9.97 Å².